The molecule has 1 atom stereocenters. The van der Waals surface area contributed by atoms with Gasteiger partial charge in [0, 0.05) is 50.4 Å². The van der Waals surface area contributed by atoms with E-state index in [0.717, 1.165) is 38.5 Å². The predicted octanol–water partition coefficient (Wildman–Crippen LogP) is 2.80. The van der Waals surface area contributed by atoms with Gasteiger partial charge in [-0.3, -0.25) is 4.90 Å². The Labute approximate surface area is 127 Å². The van der Waals surface area contributed by atoms with Crippen LogP contribution < -0.4 is 0 Å². The molecule has 3 aliphatic rings. The molecule has 0 radical (unpaired) electrons. The second-order valence-electron chi connectivity index (χ2n) is 6.85. The van der Waals surface area contributed by atoms with E-state index >= 15 is 0 Å². The Hall–Kier alpha value is -0.840. The van der Waals surface area contributed by atoms with E-state index in [9.17, 15) is 0 Å². The van der Waals surface area contributed by atoms with E-state index < -0.39 is 0 Å². The molecule has 116 valence electrons. The van der Waals surface area contributed by atoms with E-state index in [1.165, 1.54) is 31.6 Å². The SMILES string of the molecule is C[C@@H]1c2cccn2CCN1CC1CCC2(CC1)OCCO2. The first-order valence-electron chi connectivity index (χ1n) is 8.43. The van der Waals surface area contributed by atoms with E-state index in [-0.39, 0.29) is 5.79 Å². The van der Waals surface area contributed by atoms with Gasteiger partial charge in [0.15, 0.2) is 5.79 Å². The molecule has 0 unspecified atom stereocenters. The van der Waals surface area contributed by atoms with Crippen molar-refractivity contribution in [2.75, 3.05) is 26.3 Å². The minimum absolute atomic E-state index is 0.210. The maximum Gasteiger partial charge on any atom is 0.168 e. The molecule has 3 heterocycles. The van der Waals surface area contributed by atoms with Crippen molar-refractivity contribution in [2.24, 2.45) is 5.92 Å². The summed E-state index contributed by atoms with van der Waals surface area (Å²) in [5.74, 6) is 0.589. The molecule has 1 saturated heterocycles. The van der Waals surface area contributed by atoms with Crippen LogP contribution >= 0.6 is 0 Å². The molecule has 2 fully saturated rings. The van der Waals surface area contributed by atoms with Gasteiger partial charge in [-0.2, -0.15) is 0 Å². The fourth-order valence-electron chi connectivity index (χ4n) is 4.29. The van der Waals surface area contributed by atoms with Crippen molar-refractivity contribution in [2.45, 2.75) is 51.0 Å². The third-order valence-corrected chi connectivity index (χ3v) is 5.64. The normalized spacial score (nSPS) is 29.9. The van der Waals surface area contributed by atoms with Gasteiger partial charge in [0.05, 0.1) is 13.2 Å². The number of ether oxygens (including phenoxy) is 2. The van der Waals surface area contributed by atoms with Crippen LogP contribution in [0.25, 0.3) is 0 Å². The summed E-state index contributed by atoms with van der Waals surface area (Å²) in [6.07, 6.45) is 6.85. The first-order valence-corrected chi connectivity index (χ1v) is 8.43. The van der Waals surface area contributed by atoms with Gasteiger partial charge in [0.25, 0.3) is 0 Å². The Bertz CT molecular complexity index is 483. The molecule has 4 heteroatoms. The summed E-state index contributed by atoms with van der Waals surface area (Å²) in [6.45, 7) is 7.45. The summed E-state index contributed by atoms with van der Waals surface area (Å²) in [4.78, 5) is 2.66. The molecule has 4 rings (SSSR count). The van der Waals surface area contributed by atoms with Crippen molar-refractivity contribution in [3.63, 3.8) is 0 Å². The van der Waals surface area contributed by atoms with Gasteiger partial charge >= 0.3 is 0 Å². The fourth-order valence-corrected chi connectivity index (χ4v) is 4.29. The molecule has 1 spiro atoms. The van der Waals surface area contributed by atoms with Gasteiger partial charge < -0.3 is 14.0 Å². The Morgan fingerprint density at radius 1 is 1.19 bits per heavy atom. The van der Waals surface area contributed by atoms with Gasteiger partial charge in [-0.1, -0.05) is 0 Å². The van der Waals surface area contributed by atoms with E-state index in [1.54, 1.807) is 0 Å². The monoisotopic (exact) mass is 290 g/mol. The third-order valence-electron chi connectivity index (χ3n) is 5.64. The molecular weight excluding hydrogens is 264 g/mol. The van der Waals surface area contributed by atoms with Crippen molar-refractivity contribution >= 4 is 0 Å². The molecular formula is C17H26N2O2. The van der Waals surface area contributed by atoms with Gasteiger partial charge in [-0.05, 0) is 37.8 Å². The zero-order valence-electron chi connectivity index (χ0n) is 13.0. The molecule has 21 heavy (non-hydrogen) atoms. The first-order chi connectivity index (χ1) is 10.3. The van der Waals surface area contributed by atoms with Crippen molar-refractivity contribution in [1.82, 2.24) is 9.47 Å². The average Bonchev–Trinajstić information content (AvgIpc) is 3.14. The number of hydrogen-bond acceptors (Lipinski definition) is 3. The first kappa shape index (κ1) is 13.8. The van der Waals surface area contributed by atoms with Crippen molar-refractivity contribution < 1.29 is 9.47 Å². The second kappa shape index (κ2) is 5.41. The van der Waals surface area contributed by atoms with E-state index in [1.807, 2.05) is 0 Å². The van der Waals surface area contributed by atoms with Crippen LogP contribution in [0.4, 0.5) is 0 Å². The fraction of sp³-hybridized carbons (Fsp3) is 0.765. The van der Waals surface area contributed by atoms with E-state index in [4.69, 9.17) is 9.47 Å². The second-order valence-corrected chi connectivity index (χ2v) is 6.85. The van der Waals surface area contributed by atoms with E-state index in [0.29, 0.717) is 6.04 Å². The Balaban J connectivity index is 1.35. The van der Waals surface area contributed by atoms with Crippen LogP contribution in [0.2, 0.25) is 0 Å². The highest BCUT2D eigenvalue weighted by Crippen LogP contribution is 2.39. The Morgan fingerprint density at radius 3 is 2.71 bits per heavy atom. The zero-order valence-corrected chi connectivity index (χ0v) is 13.0. The lowest BCUT2D eigenvalue weighted by atomic mass is 9.84. The smallest absolute Gasteiger partial charge is 0.168 e. The molecule has 2 aliphatic heterocycles. The van der Waals surface area contributed by atoms with Gasteiger partial charge in [-0.25, -0.2) is 0 Å². The maximum atomic E-state index is 5.84. The van der Waals surface area contributed by atoms with Crippen molar-refractivity contribution in [3.05, 3.63) is 24.0 Å². The van der Waals surface area contributed by atoms with Crippen molar-refractivity contribution in [3.8, 4) is 0 Å². The molecule has 1 saturated carbocycles. The number of aromatic nitrogens is 1. The van der Waals surface area contributed by atoms with Gasteiger partial charge in [-0.15, -0.1) is 0 Å². The quantitative estimate of drug-likeness (QED) is 0.838. The van der Waals surface area contributed by atoms with Crippen LogP contribution in [0.3, 0.4) is 0 Å². The molecule has 0 N–H and O–H groups in total. The molecule has 0 aromatic carbocycles. The maximum absolute atomic E-state index is 5.84. The predicted molar refractivity (Wildman–Crippen MR) is 81.0 cm³/mol. The van der Waals surface area contributed by atoms with Gasteiger partial charge in [0.2, 0.25) is 0 Å². The van der Waals surface area contributed by atoms with Crippen LogP contribution in [-0.2, 0) is 16.0 Å². The Kier molecular flexibility index (Phi) is 3.56. The summed E-state index contributed by atoms with van der Waals surface area (Å²) in [7, 11) is 0. The minimum Gasteiger partial charge on any atom is -0.349 e. The standard InChI is InChI=1S/C17H26N2O2/c1-14-16-3-2-8-18(16)9-10-19(14)13-15-4-6-17(7-5-15)20-11-12-21-17/h2-3,8,14-15H,4-7,9-13H2,1H3/t14-/m1/s1. The number of nitrogens with zero attached hydrogens (tertiary/aromatic N) is 2. The topological polar surface area (TPSA) is 26.6 Å². The van der Waals surface area contributed by atoms with Crippen molar-refractivity contribution in [1.29, 1.82) is 0 Å². The van der Waals surface area contributed by atoms with Crippen LogP contribution in [0.5, 0.6) is 0 Å². The van der Waals surface area contributed by atoms with E-state index in [2.05, 4.69) is 34.7 Å². The van der Waals surface area contributed by atoms with Crippen LogP contribution in [0, 0.1) is 5.92 Å². The lowest BCUT2D eigenvalue weighted by molar-refractivity contribution is -0.183. The highest BCUT2D eigenvalue weighted by Gasteiger charge is 2.40. The average molecular weight is 290 g/mol. The zero-order chi connectivity index (χ0) is 14.3. The summed E-state index contributed by atoms with van der Waals surface area (Å²) in [6, 6.07) is 4.99. The molecule has 1 aliphatic carbocycles. The molecule has 0 bridgehead atoms. The van der Waals surface area contributed by atoms with Crippen LogP contribution in [0.1, 0.15) is 44.3 Å². The Morgan fingerprint density at radius 2 is 1.95 bits per heavy atom. The number of hydrogen-bond donors (Lipinski definition) is 0. The molecule has 4 nitrogen and oxygen atoms in total. The summed E-state index contributed by atoms with van der Waals surface area (Å²) in [5, 5.41) is 0. The molecule has 1 aromatic heterocycles. The number of fused-ring (bicyclic) bond motifs is 1. The molecule has 1 aromatic rings. The van der Waals surface area contributed by atoms with Crippen LogP contribution in [-0.4, -0.2) is 41.6 Å². The minimum atomic E-state index is -0.210. The summed E-state index contributed by atoms with van der Waals surface area (Å²) < 4.78 is 14.1. The summed E-state index contributed by atoms with van der Waals surface area (Å²) in [5.41, 5.74) is 1.47. The molecule has 0 amide bonds. The lowest BCUT2D eigenvalue weighted by Crippen LogP contribution is -2.42. The third kappa shape index (κ3) is 2.54. The highest BCUT2D eigenvalue weighted by atomic mass is 16.7. The van der Waals surface area contributed by atoms with Gasteiger partial charge in [0.1, 0.15) is 0 Å². The number of rotatable bonds is 2. The summed E-state index contributed by atoms with van der Waals surface area (Å²) >= 11 is 0. The lowest BCUT2D eigenvalue weighted by Gasteiger charge is -2.40. The van der Waals surface area contributed by atoms with Crippen LogP contribution in [0.15, 0.2) is 18.3 Å². The largest absolute Gasteiger partial charge is 0.349 e. The highest BCUT2D eigenvalue weighted by molar-refractivity contribution is 5.13.